The Hall–Kier alpha value is -0.810. The van der Waals surface area contributed by atoms with Gasteiger partial charge in [-0.3, -0.25) is 9.69 Å². The van der Waals surface area contributed by atoms with Gasteiger partial charge in [-0.05, 0) is 43.1 Å². The van der Waals surface area contributed by atoms with Crippen molar-refractivity contribution in [2.24, 2.45) is 11.7 Å². The predicted molar refractivity (Wildman–Crippen MR) is 86.5 cm³/mol. The molecule has 1 saturated heterocycles. The average Bonchev–Trinajstić information content (AvgIpc) is 2.49. The number of piperidine rings is 1. The molecule has 3 N–H and O–H groups in total. The zero-order valence-electron chi connectivity index (χ0n) is 11.9. The van der Waals surface area contributed by atoms with Gasteiger partial charge >= 0.3 is 0 Å². The van der Waals surface area contributed by atoms with Crippen LogP contribution in [0.1, 0.15) is 18.4 Å². The minimum Gasteiger partial charge on any atom is -0.355 e. The van der Waals surface area contributed by atoms with Crippen LogP contribution in [-0.4, -0.2) is 37.0 Å². The van der Waals surface area contributed by atoms with E-state index in [1.807, 2.05) is 12.1 Å². The SMILES string of the molecule is NCCNC(=O)C1CCCN(Cc2cc(Cl)ccc2Cl)C1. The highest BCUT2D eigenvalue weighted by Gasteiger charge is 2.25. The number of hydrogen-bond acceptors (Lipinski definition) is 3. The first-order chi connectivity index (χ1) is 10.1. The molecule has 0 aromatic heterocycles. The lowest BCUT2D eigenvalue weighted by Gasteiger charge is -2.32. The lowest BCUT2D eigenvalue weighted by Crippen LogP contribution is -2.43. The minimum absolute atomic E-state index is 0.0308. The molecule has 0 radical (unpaired) electrons. The summed E-state index contributed by atoms with van der Waals surface area (Å²) >= 11 is 12.2. The highest BCUT2D eigenvalue weighted by Crippen LogP contribution is 2.24. The van der Waals surface area contributed by atoms with E-state index in [1.165, 1.54) is 0 Å². The number of nitrogens with one attached hydrogen (secondary N) is 1. The van der Waals surface area contributed by atoms with Crippen LogP contribution in [0, 0.1) is 5.92 Å². The van der Waals surface area contributed by atoms with Crippen molar-refractivity contribution in [3.8, 4) is 0 Å². The van der Waals surface area contributed by atoms with E-state index in [4.69, 9.17) is 28.9 Å². The Bertz CT molecular complexity index is 496. The molecule has 0 saturated carbocycles. The van der Waals surface area contributed by atoms with Crippen LogP contribution in [0.25, 0.3) is 0 Å². The van der Waals surface area contributed by atoms with Crippen molar-refractivity contribution in [2.45, 2.75) is 19.4 Å². The van der Waals surface area contributed by atoms with Gasteiger partial charge in [0.1, 0.15) is 0 Å². The fourth-order valence-corrected chi connectivity index (χ4v) is 3.03. The molecule has 0 aliphatic carbocycles. The number of likely N-dealkylation sites (tertiary alicyclic amines) is 1. The fourth-order valence-electron chi connectivity index (χ4n) is 2.66. The van der Waals surface area contributed by atoms with Gasteiger partial charge in [0.2, 0.25) is 5.91 Å². The lowest BCUT2D eigenvalue weighted by atomic mass is 9.96. The summed E-state index contributed by atoms with van der Waals surface area (Å²) < 4.78 is 0. The molecule has 1 unspecified atom stereocenters. The summed E-state index contributed by atoms with van der Waals surface area (Å²) in [7, 11) is 0. The second-order valence-electron chi connectivity index (χ2n) is 5.39. The minimum atomic E-state index is 0.0308. The standard InChI is InChI=1S/C15H21Cl2N3O/c16-13-3-4-14(17)12(8-13)10-20-7-1-2-11(9-20)15(21)19-6-5-18/h3-4,8,11H,1-2,5-7,9-10,18H2,(H,19,21). The quantitative estimate of drug-likeness (QED) is 0.871. The van der Waals surface area contributed by atoms with Crippen LogP contribution in [0.4, 0.5) is 0 Å². The van der Waals surface area contributed by atoms with Crippen LogP contribution in [0.15, 0.2) is 18.2 Å². The Kier molecular flexibility index (Phi) is 6.30. The fraction of sp³-hybridized carbons (Fsp3) is 0.533. The number of amides is 1. The summed E-state index contributed by atoms with van der Waals surface area (Å²) in [6, 6.07) is 5.49. The van der Waals surface area contributed by atoms with E-state index in [2.05, 4.69) is 10.2 Å². The highest BCUT2D eigenvalue weighted by atomic mass is 35.5. The molecule has 1 fully saturated rings. The number of carbonyl (C=O) groups excluding carboxylic acids is 1. The molecule has 6 heteroatoms. The Morgan fingerprint density at radius 1 is 1.43 bits per heavy atom. The van der Waals surface area contributed by atoms with Gasteiger partial charge in [0.25, 0.3) is 0 Å². The molecule has 1 aromatic carbocycles. The highest BCUT2D eigenvalue weighted by molar-refractivity contribution is 6.33. The lowest BCUT2D eigenvalue weighted by molar-refractivity contribution is -0.126. The van der Waals surface area contributed by atoms with E-state index in [0.29, 0.717) is 23.1 Å². The van der Waals surface area contributed by atoms with Crippen LogP contribution in [0.3, 0.4) is 0 Å². The molecular formula is C15H21Cl2N3O. The van der Waals surface area contributed by atoms with Crippen molar-refractivity contribution in [2.75, 3.05) is 26.2 Å². The second-order valence-corrected chi connectivity index (χ2v) is 6.23. The van der Waals surface area contributed by atoms with Crippen molar-refractivity contribution in [3.05, 3.63) is 33.8 Å². The Morgan fingerprint density at radius 2 is 2.24 bits per heavy atom. The van der Waals surface area contributed by atoms with Gasteiger partial charge in [-0.25, -0.2) is 0 Å². The number of benzene rings is 1. The molecule has 0 spiro atoms. The van der Waals surface area contributed by atoms with E-state index >= 15 is 0 Å². The van der Waals surface area contributed by atoms with Gasteiger partial charge < -0.3 is 11.1 Å². The van der Waals surface area contributed by atoms with Crippen molar-refractivity contribution in [1.82, 2.24) is 10.2 Å². The maximum atomic E-state index is 12.0. The van der Waals surface area contributed by atoms with E-state index in [-0.39, 0.29) is 11.8 Å². The van der Waals surface area contributed by atoms with Crippen molar-refractivity contribution in [3.63, 3.8) is 0 Å². The van der Waals surface area contributed by atoms with Crippen LogP contribution in [0.5, 0.6) is 0 Å². The van der Waals surface area contributed by atoms with Gasteiger partial charge in [0, 0.05) is 36.2 Å². The van der Waals surface area contributed by atoms with Crippen LogP contribution < -0.4 is 11.1 Å². The smallest absolute Gasteiger partial charge is 0.224 e. The molecule has 0 bridgehead atoms. The summed E-state index contributed by atoms with van der Waals surface area (Å²) in [6.45, 7) is 3.46. The maximum absolute atomic E-state index is 12.0. The third-order valence-electron chi connectivity index (χ3n) is 3.72. The third kappa shape index (κ3) is 4.85. The number of halogens is 2. The number of nitrogens with zero attached hydrogens (tertiary/aromatic N) is 1. The van der Waals surface area contributed by atoms with Crippen molar-refractivity contribution >= 4 is 29.1 Å². The molecular weight excluding hydrogens is 309 g/mol. The van der Waals surface area contributed by atoms with E-state index in [1.54, 1.807) is 6.07 Å². The first-order valence-electron chi connectivity index (χ1n) is 7.24. The monoisotopic (exact) mass is 329 g/mol. The zero-order valence-corrected chi connectivity index (χ0v) is 13.5. The molecule has 1 aliphatic rings. The molecule has 116 valence electrons. The molecule has 2 rings (SSSR count). The first-order valence-corrected chi connectivity index (χ1v) is 8.00. The Balaban J connectivity index is 1.94. The average molecular weight is 330 g/mol. The van der Waals surface area contributed by atoms with Gasteiger partial charge in [-0.1, -0.05) is 23.2 Å². The predicted octanol–water partition coefficient (Wildman–Crippen LogP) is 2.28. The number of hydrogen-bond donors (Lipinski definition) is 2. The molecule has 1 heterocycles. The first kappa shape index (κ1) is 16.6. The van der Waals surface area contributed by atoms with Crippen molar-refractivity contribution < 1.29 is 4.79 Å². The summed E-state index contributed by atoms with van der Waals surface area (Å²) in [4.78, 5) is 14.3. The molecule has 1 atom stereocenters. The van der Waals surface area contributed by atoms with Gasteiger partial charge in [-0.15, -0.1) is 0 Å². The second kappa shape index (κ2) is 7.99. The summed E-state index contributed by atoms with van der Waals surface area (Å²) in [5, 5.41) is 4.27. The van der Waals surface area contributed by atoms with Gasteiger partial charge in [0.15, 0.2) is 0 Å². The normalized spacial score (nSPS) is 19.5. The van der Waals surface area contributed by atoms with Crippen molar-refractivity contribution in [1.29, 1.82) is 0 Å². The molecule has 1 aromatic rings. The van der Waals surface area contributed by atoms with E-state index in [0.717, 1.165) is 38.0 Å². The summed E-state index contributed by atoms with van der Waals surface area (Å²) in [5.74, 6) is 0.130. The number of carbonyl (C=O) groups is 1. The van der Waals surface area contributed by atoms with Crippen LogP contribution in [0.2, 0.25) is 10.0 Å². The number of rotatable bonds is 5. The topological polar surface area (TPSA) is 58.4 Å². The van der Waals surface area contributed by atoms with Gasteiger partial charge in [-0.2, -0.15) is 0 Å². The Labute approximate surface area is 135 Å². The third-order valence-corrected chi connectivity index (χ3v) is 4.33. The van der Waals surface area contributed by atoms with Crippen LogP contribution in [-0.2, 0) is 11.3 Å². The Morgan fingerprint density at radius 3 is 3.00 bits per heavy atom. The van der Waals surface area contributed by atoms with Gasteiger partial charge in [0.05, 0.1) is 5.92 Å². The number of nitrogens with two attached hydrogens (primary N) is 1. The summed E-state index contributed by atoms with van der Waals surface area (Å²) in [5.41, 5.74) is 6.42. The van der Waals surface area contributed by atoms with E-state index in [9.17, 15) is 4.79 Å². The van der Waals surface area contributed by atoms with Crippen LogP contribution >= 0.6 is 23.2 Å². The molecule has 4 nitrogen and oxygen atoms in total. The zero-order chi connectivity index (χ0) is 15.2. The summed E-state index contributed by atoms with van der Waals surface area (Å²) in [6.07, 6.45) is 1.94. The maximum Gasteiger partial charge on any atom is 0.224 e. The largest absolute Gasteiger partial charge is 0.355 e. The molecule has 21 heavy (non-hydrogen) atoms. The molecule has 1 aliphatic heterocycles. The van der Waals surface area contributed by atoms with E-state index < -0.39 is 0 Å². The molecule has 1 amide bonds.